The van der Waals surface area contributed by atoms with Gasteiger partial charge in [0.25, 0.3) is 0 Å². The molecular weight excluding hydrogens is 524 g/mol. The average molecular weight is 577 g/mol. The normalized spacial score (nSPS) is 16.5. The Balaban J connectivity index is 1.87. The van der Waals surface area contributed by atoms with Crippen molar-refractivity contribution in [3.05, 3.63) is 139 Å². The second-order valence-corrected chi connectivity index (χ2v) is 14.3. The van der Waals surface area contributed by atoms with Crippen LogP contribution in [-0.2, 0) is 10.2 Å². The Hall–Kier alpha value is -3.36. The number of rotatable bonds is 12. The van der Waals surface area contributed by atoms with Gasteiger partial charge in [-0.05, 0) is 70.4 Å². The first-order valence-electron chi connectivity index (χ1n) is 16.0. The molecule has 43 heavy (non-hydrogen) atoms. The average Bonchev–Trinajstić information content (AvgIpc) is 3.49. The van der Waals surface area contributed by atoms with Crippen LogP contribution in [0.4, 0.5) is 0 Å². The van der Waals surface area contributed by atoms with Crippen molar-refractivity contribution < 1.29 is 9.47 Å². The molecule has 2 heteroatoms. The zero-order valence-electron chi connectivity index (χ0n) is 27.3. The lowest BCUT2D eigenvalue weighted by Crippen LogP contribution is -2.48. The number of ether oxygens (including phenoxy) is 2. The molecule has 0 N–H and O–H groups in total. The Bertz CT molecular complexity index is 1290. The fraction of sp³-hybridized carbons (Fsp3) is 0.415. The van der Waals surface area contributed by atoms with Crippen molar-refractivity contribution in [2.24, 2.45) is 10.8 Å². The number of benzene rings is 3. The predicted octanol–water partition coefficient (Wildman–Crippen LogP) is 11.2. The van der Waals surface area contributed by atoms with Crippen LogP contribution in [0.5, 0.6) is 5.75 Å². The maximum Gasteiger partial charge on any atom is 0.218 e. The summed E-state index contributed by atoms with van der Waals surface area (Å²) in [7, 11) is 0. The van der Waals surface area contributed by atoms with Crippen LogP contribution < -0.4 is 4.74 Å². The van der Waals surface area contributed by atoms with Crippen molar-refractivity contribution in [3.8, 4) is 5.75 Å². The third-order valence-electron chi connectivity index (χ3n) is 8.79. The molecule has 0 spiro atoms. The summed E-state index contributed by atoms with van der Waals surface area (Å²) in [4.78, 5) is 0. The van der Waals surface area contributed by atoms with E-state index in [1.807, 2.05) is 18.2 Å². The standard InChI is InChI=1S/C41H52O2/c1-9-19-32(10-2)41(33-20-13-11-14-21-33,34-22-15-12-16-23-34)38(42-35-24-17-18-25-35)43-36-28-26-31(27-29-36)37(40(6,7)8)30-39(3,4)5/h9-16,19-23,26-29,35,37-38H,1-2,17-18,24-25,30H2,3-8H3/b32-19+. The molecule has 0 heterocycles. The molecule has 228 valence electrons. The van der Waals surface area contributed by atoms with Gasteiger partial charge in [-0.3, -0.25) is 0 Å². The van der Waals surface area contributed by atoms with Gasteiger partial charge in [0.1, 0.15) is 11.2 Å². The van der Waals surface area contributed by atoms with Crippen molar-refractivity contribution in [2.75, 3.05) is 0 Å². The van der Waals surface area contributed by atoms with Gasteiger partial charge in [0.15, 0.2) is 0 Å². The van der Waals surface area contributed by atoms with Gasteiger partial charge >= 0.3 is 0 Å². The summed E-state index contributed by atoms with van der Waals surface area (Å²) in [6.07, 6.45) is 10.8. The molecule has 0 radical (unpaired) electrons. The van der Waals surface area contributed by atoms with Gasteiger partial charge < -0.3 is 9.47 Å². The van der Waals surface area contributed by atoms with Crippen LogP contribution in [0.2, 0.25) is 0 Å². The summed E-state index contributed by atoms with van der Waals surface area (Å²) in [6, 6.07) is 29.9. The van der Waals surface area contributed by atoms with Crippen LogP contribution in [0.15, 0.2) is 122 Å². The van der Waals surface area contributed by atoms with E-state index in [2.05, 4.69) is 140 Å². The Kier molecular flexibility index (Phi) is 10.6. The van der Waals surface area contributed by atoms with Crippen molar-refractivity contribution >= 4 is 0 Å². The third-order valence-corrected chi connectivity index (χ3v) is 8.79. The second kappa shape index (κ2) is 14.0. The molecule has 1 aliphatic carbocycles. The largest absolute Gasteiger partial charge is 0.463 e. The molecule has 0 bridgehead atoms. The lowest BCUT2D eigenvalue weighted by atomic mass is 9.68. The zero-order chi connectivity index (χ0) is 31.1. The number of allylic oxidation sites excluding steroid dienone is 3. The molecule has 2 nitrogen and oxygen atoms in total. The van der Waals surface area contributed by atoms with Crippen molar-refractivity contribution in [1.82, 2.24) is 0 Å². The fourth-order valence-corrected chi connectivity index (χ4v) is 6.65. The van der Waals surface area contributed by atoms with Gasteiger partial charge in [0.2, 0.25) is 6.29 Å². The minimum absolute atomic E-state index is 0.128. The SMILES string of the molecule is C=C/C=C(\C=C)C(c1ccccc1)(c1ccccc1)C(Oc1ccc(C(CC(C)(C)C)C(C)(C)C)cc1)OC1CCCC1. The van der Waals surface area contributed by atoms with Gasteiger partial charge in [-0.2, -0.15) is 0 Å². The van der Waals surface area contributed by atoms with Gasteiger partial charge in [-0.25, -0.2) is 0 Å². The minimum Gasteiger partial charge on any atom is -0.463 e. The maximum atomic E-state index is 7.07. The molecule has 0 saturated heterocycles. The molecule has 1 fully saturated rings. The van der Waals surface area contributed by atoms with Crippen molar-refractivity contribution in [1.29, 1.82) is 0 Å². The van der Waals surface area contributed by atoms with Gasteiger partial charge in [-0.15, -0.1) is 0 Å². The summed E-state index contributed by atoms with van der Waals surface area (Å²) >= 11 is 0. The molecule has 1 saturated carbocycles. The van der Waals surface area contributed by atoms with E-state index in [0.717, 1.165) is 41.7 Å². The van der Waals surface area contributed by atoms with Crippen LogP contribution in [0.3, 0.4) is 0 Å². The topological polar surface area (TPSA) is 18.5 Å². The highest BCUT2D eigenvalue weighted by Gasteiger charge is 2.48. The molecule has 4 rings (SSSR count). The van der Waals surface area contributed by atoms with Crippen molar-refractivity contribution in [3.63, 3.8) is 0 Å². The van der Waals surface area contributed by atoms with E-state index in [1.54, 1.807) is 0 Å². The van der Waals surface area contributed by atoms with Crippen LogP contribution >= 0.6 is 0 Å². The molecule has 1 aliphatic rings. The summed E-state index contributed by atoms with van der Waals surface area (Å²) in [5.41, 5.74) is 4.11. The quantitative estimate of drug-likeness (QED) is 0.158. The number of hydrogen-bond acceptors (Lipinski definition) is 2. The Labute approximate surface area is 261 Å². The minimum atomic E-state index is -0.778. The fourth-order valence-electron chi connectivity index (χ4n) is 6.65. The maximum absolute atomic E-state index is 7.07. The van der Waals surface area contributed by atoms with Crippen LogP contribution in [0, 0.1) is 10.8 Å². The van der Waals surface area contributed by atoms with Crippen LogP contribution in [-0.4, -0.2) is 12.4 Å². The lowest BCUT2D eigenvalue weighted by molar-refractivity contribution is -0.142. The highest BCUT2D eigenvalue weighted by molar-refractivity contribution is 5.54. The van der Waals surface area contributed by atoms with E-state index in [1.165, 1.54) is 18.4 Å². The van der Waals surface area contributed by atoms with E-state index >= 15 is 0 Å². The Morgan fingerprint density at radius 3 is 1.77 bits per heavy atom. The molecule has 3 aromatic rings. The zero-order valence-corrected chi connectivity index (χ0v) is 27.3. The molecule has 2 unspecified atom stereocenters. The molecule has 2 atom stereocenters. The van der Waals surface area contributed by atoms with E-state index < -0.39 is 11.7 Å². The first-order chi connectivity index (χ1) is 20.5. The summed E-state index contributed by atoms with van der Waals surface area (Å²) in [5, 5.41) is 0. The smallest absolute Gasteiger partial charge is 0.218 e. The Morgan fingerprint density at radius 2 is 1.33 bits per heavy atom. The van der Waals surface area contributed by atoms with E-state index in [4.69, 9.17) is 9.47 Å². The number of hydrogen-bond donors (Lipinski definition) is 0. The van der Waals surface area contributed by atoms with Crippen LogP contribution in [0.1, 0.15) is 96.3 Å². The first kappa shape index (κ1) is 32.6. The van der Waals surface area contributed by atoms with E-state index in [0.29, 0.717) is 5.92 Å². The molecular formula is C41H52O2. The monoisotopic (exact) mass is 576 g/mol. The molecule has 0 aliphatic heterocycles. The highest BCUT2D eigenvalue weighted by atomic mass is 16.7. The summed E-state index contributed by atoms with van der Waals surface area (Å²) in [6.45, 7) is 22.3. The molecule has 0 amide bonds. The van der Waals surface area contributed by atoms with Crippen LogP contribution in [0.25, 0.3) is 0 Å². The van der Waals surface area contributed by atoms with E-state index in [9.17, 15) is 0 Å². The first-order valence-corrected chi connectivity index (χ1v) is 16.0. The van der Waals surface area contributed by atoms with E-state index in [-0.39, 0.29) is 16.9 Å². The van der Waals surface area contributed by atoms with Crippen molar-refractivity contribution in [2.45, 2.75) is 97.4 Å². The predicted molar refractivity (Wildman–Crippen MR) is 183 cm³/mol. The summed E-state index contributed by atoms with van der Waals surface area (Å²) in [5.74, 6) is 1.23. The Morgan fingerprint density at radius 1 is 0.791 bits per heavy atom. The second-order valence-electron chi connectivity index (χ2n) is 14.3. The van der Waals surface area contributed by atoms with Gasteiger partial charge in [-0.1, -0.05) is 159 Å². The van der Waals surface area contributed by atoms with Gasteiger partial charge in [0, 0.05) is 0 Å². The lowest BCUT2D eigenvalue weighted by Gasteiger charge is -2.43. The summed E-state index contributed by atoms with van der Waals surface area (Å²) < 4.78 is 14.1. The highest BCUT2D eigenvalue weighted by Crippen LogP contribution is 2.47. The molecule has 0 aromatic heterocycles. The molecule has 3 aromatic carbocycles. The van der Waals surface area contributed by atoms with Gasteiger partial charge in [0.05, 0.1) is 6.10 Å². The third kappa shape index (κ3) is 7.78.